The minimum absolute atomic E-state index is 0.0782. The van der Waals surface area contributed by atoms with Crippen LogP contribution < -0.4 is 0 Å². The summed E-state index contributed by atoms with van der Waals surface area (Å²) in [6.45, 7) is 9.05. The molecule has 0 aromatic heterocycles. The van der Waals surface area contributed by atoms with E-state index in [4.69, 9.17) is 6.15 Å². The summed E-state index contributed by atoms with van der Waals surface area (Å²) in [4.78, 5) is 26.7. The summed E-state index contributed by atoms with van der Waals surface area (Å²) in [5.41, 5.74) is 0. The molecular weight excluding hydrogens is 687 g/mol. The second kappa shape index (κ2) is 37.0. The standard InChI is InChI=1S/2C12H24O2.2C9H19.Sn/c2*1-2-3-4-5-6-7-8-9-10-11-12(13)14;2*1-3-5-7-9-8-6-4-2;/h2*2-11H2,1H3,(H,13,14);2*1,3-9H2,2H3;/q;;;;+2/p-2. The Labute approximate surface area is 300 Å². The second-order valence-electron chi connectivity index (χ2n) is 14.8. The van der Waals surface area contributed by atoms with Gasteiger partial charge in [0.25, 0.3) is 0 Å². The van der Waals surface area contributed by atoms with E-state index in [1.165, 1.54) is 154 Å². The zero-order valence-electron chi connectivity index (χ0n) is 32.6. The quantitative estimate of drug-likeness (QED) is 0.0463. The predicted octanol–water partition coefficient (Wildman–Crippen LogP) is 14.9. The van der Waals surface area contributed by atoms with E-state index in [0.717, 1.165) is 60.2 Å². The van der Waals surface area contributed by atoms with Crippen LogP contribution in [0.4, 0.5) is 0 Å². The van der Waals surface area contributed by atoms with Crippen LogP contribution in [-0.2, 0) is 15.7 Å². The first-order valence-electron chi connectivity index (χ1n) is 21.5. The fourth-order valence-corrected chi connectivity index (χ4v) is 16.2. The Morgan fingerprint density at radius 1 is 0.319 bits per heavy atom. The zero-order chi connectivity index (χ0) is 34.5. The molecule has 0 amide bonds. The van der Waals surface area contributed by atoms with E-state index in [1.807, 2.05) is 0 Å². The Bertz CT molecular complexity index is 611. The number of hydrogen-bond acceptors (Lipinski definition) is 4. The minimum atomic E-state index is -3.92. The maximum absolute atomic E-state index is 13.3. The molecule has 0 aromatic rings. The summed E-state index contributed by atoms with van der Waals surface area (Å²) in [6.07, 6.45) is 40.4. The van der Waals surface area contributed by atoms with Gasteiger partial charge < -0.3 is 0 Å². The van der Waals surface area contributed by atoms with E-state index < -0.39 is 19.2 Å². The summed E-state index contributed by atoms with van der Waals surface area (Å²) in [7, 11) is 0. The van der Waals surface area contributed by atoms with Crippen molar-refractivity contribution >= 4 is 31.1 Å². The summed E-state index contributed by atoms with van der Waals surface area (Å²) in [6, 6.07) is 0. The van der Waals surface area contributed by atoms with Crippen LogP contribution in [0, 0.1) is 0 Å². The van der Waals surface area contributed by atoms with Gasteiger partial charge in [0.1, 0.15) is 0 Å². The van der Waals surface area contributed by atoms with Gasteiger partial charge in [0.05, 0.1) is 0 Å². The van der Waals surface area contributed by atoms with Gasteiger partial charge in [-0.1, -0.05) is 13.8 Å². The normalized spacial score (nSPS) is 11.7. The van der Waals surface area contributed by atoms with Crippen LogP contribution >= 0.6 is 0 Å². The molecule has 0 aromatic carbocycles. The summed E-state index contributed by atoms with van der Waals surface area (Å²) in [5, 5.41) is 0. The van der Waals surface area contributed by atoms with Gasteiger partial charge in [0.2, 0.25) is 0 Å². The molecule has 0 unspecified atom stereocenters. The first kappa shape index (κ1) is 46.7. The third-order valence-corrected chi connectivity index (χ3v) is 19.7. The molecule has 0 saturated carbocycles. The number of hydrogen-bond donors (Lipinski definition) is 0. The van der Waals surface area contributed by atoms with Crippen molar-refractivity contribution in [2.45, 2.75) is 255 Å². The van der Waals surface area contributed by atoms with E-state index in [2.05, 4.69) is 27.7 Å². The van der Waals surface area contributed by atoms with Crippen molar-refractivity contribution in [3.8, 4) is 0 Å². The first-order valence-corrected chi connectivity index (χ1v) is 27.8. The van der Waals surface area contributed by atoms with E-state index in [9.17, 15) is 9.59 Å². The van der Waals surface area contributed by atoms with Gasteiger partial charge in [-0.15, -0.1) is 0 Å². The van der Waals surface area contributed by atoms with E-state index in [1.54, 1.807) is 0 Å². The number of carbonyl (C=O) groups excluding carboxylic acids is 2. The fraction of sp³-hybridized carbons (Fsp3) is 0.952. The number of unbranched alkanes of at least 4 members (excludes halogenated alkanes) is 28. The molecule has 0 bridgehead atoms. The maximum atomic E-state index is 13.3. The molecule has 280 valence electrons. The van der Waals surface area contributed by atoms with Crippen LogP contribution in [0.5, 0.6) is 0 Å². The van der Waals surface area contributed by atoms with Gasteiger partial charge in [-0.3, -0.25) is 0 Å². The molecule has 0 heterocycles. The molecule has 0 N–H and O–H groups in total. The van der Waals surface area contributed by atoms with Gasteiger partial charge in [-0.2, -0.15) is 0 Å². The Balaban J connectivity index is 5.11. The topological polar surface area (TPSA) is 52.6 Å². The van der Waals surface area contributed by atoms with Gasteiger partial charge in [0, 0.05) is 0 Å². The molecule has 0 aliphatic heterocycles. The van der Waals surface area contributed by atoms with Crippen molar-refractivity contribution < 1.29 is 15.7 Å². The van der Waals surface area contributed by atoms with Crippen molar-refractivity contribution in [3.63, 3.8) is 0 Å². The van der Waals surface area contributed by atoms with Gasteiger partial charge in [0.15, 0.2) is 0 Å². The molecule has 0 radical (unpaired) electrons. The molecule has 0 spiro atoms. The first-order chi connectivity index (χ1) is 23.0. The van der Waals surface area contributed by atoms with E-state index in [0.29, 0.717) is 12.8 Å². The molecule has 0 fully saturated rings. The van der Waals surface area contributed by atoms with Crippen molar-refractivity contribution in [1.29, 1.82) is 0 Å². The van der Waals surface area contributed by atoms with Crippen LogP contribution in [0.25, 0.3) is 0 Å². The van der Waals surface area contributed by atoms with Crippen molar-refractivity contribution in [2.24, 2.45) is 0 Å². The van der Waals surface area contributed by atoms with Crippen molar-refractivity contribution in [2.75, 3.05) is 0 Å². The SMILES string of the molecule is CCCCCCCCCCCC(=O)[O][Sn]([CH2]CCCCCCCC)([CH2]CCCCCCCC)[O]C(=O)CCCCCCCCCCC. The summed E-state index contributed by atoms with van der Waals surface area (Å²) >= 11 is -3.92. The Morgan fingerprint density at radius 2 is 0.532 bits per heavy atom. The second-order valence-corrected chi connectivity index (χ2v) is 24.0. The van der Waals surface area contributed by atoms with Crippen molar-refractivity contribution in [1.82, 2.24) is 0 Å². The average molecular weight is 772 g/mol. The van der Waals surface area contributed by atoms with Gasteiger partial charge in [-0.25, -0.2) is 0 Å². The molecule has 0 atom stereocenters. The third-order valence-electron chi connectivity index (χ3n) is 9.89. The predicted molar refractivity (Wildman–Crippen MR) is 207 cm³/mol. The Morgan fingerprint density at radius 3 is 0.787 bits per heavy atom. The van der Waals surface area contributed by atoms with Gasteiger partial charge in [-0.05, 0) is 0 Å². The van der Waals surface area contributed by atoms with E-state index in [-0.39, 0.29) is 11.9 Å². The monoisotopic (exact) mass is 773 g/mol. The van der Waals surface area contributed by atoms with Crippen LogP contribution in [0.3, 0.4) is 0 Å². The molecule has 5 heteroatoms. The molecule has 4 nitrogen and oxygen atoms in total. The summed E-state index contributed by atoms with van der Waals surface area (Å²) < 4.78 is 14.7. The zero-order valence-corrected chi connectivity index (χ0v) is 35.4. The van der Waals surface area contributed by atoms with E-state index >= 15 is 0 Å². The number of carbonyl (C=O) groups is 2. The van der Waals surface area contributed by atoms with Crippen molar-refractivity contribution in [3.05, 3.63) is 0 Å². The molecule has 0 rings (SSSR count). The molecule has 47 heavy (non-hydrogen) atoms. The fourth-order valence-electron chi connectivity index (χ4n) is 6.73. The van der Waals surface area contributed by atoms with Crippen LogP contribution in [-0.4, -0.2) is 31.1 Å². The molecular formula is C42H84O4Sn. The Kier molecular flexibility index (Phi) is 36.8. The molecule has 0 aliphatic carbocycles. The number of rotatable bonds is 38. The van der Waals surface area contributed by atoms with Crippen LogP contribution in [0.1, 0.15) is 246 Å². The Hall–Kier alpha value is -0.261. The summed E-state index contributed by atoms with van der Waals surface area (Å²) in [5.74, 6) is -0.156. The molecule has 0 saturated heterocycles. The van der Waals surface area contributed by atoms with Crippen LogP contribution in [0.2, 0.25) is 8.87 Å². The minimum Gasteiger partial charge on any atom is -0.0654 e. The van der Waals surface area contributed by atoms with Gasteiger partial charge >= 0.3 is 288 Å². The third kappa shape index (κ3) is 32.7. The average Bonchev–Trinajstić information content (AvgIpc) is 3.06. The smallest absolute Gasteiger partial charge is 0.0654 e. The molecule has 0 aliphatic rings. The van der Waals surface area contributed by atoms with Crippen LogP contribution in [0.15, 0.2) is 0 Å².